The number of nitrogen functional groups attached to an aromatic ring is 1. The number of hydrogen-bond donors (Lipinski definition) is 2. The number of methoxy groups -OCH3 is 1. The Hall–Kier alpha value is -5.05. The number of esters is 1. The van der Waals surface area contributed by atoms with E-state index in [-0.39, 0.29) is 11.4 Å². The van der Waals surface area contributed by atoms with Gasteiger partial charge in [-0.2, -0.15) is 9.78 Å². The summed E-state index contributed by atoms with van der Waals surface area (Å²) >= 11 is 0. The molecule has 3 N–H and O–H groups in total. The van der Waals surface area contributed by atoms with Crippen LogP contribution < -0.4 is 11.1 Å². The molecule has 5 rings (SSSR count). The maximum absolute atomic E-state index is 13.2. The number of nitrogens with two attached hydrogens (primary N) is 1. The van der Waals surface area contributed by atoms with Crippen molar-refractivity contribution in [2.75, 3.05) is 18.2 Å². The summed E-state index contributed by atoms with van der Waals surface area (Å²) in [4.78, 5) is 34.2. The van der Waals surface area contributed by atoms with E-state index >= 15 is 0 Å². The molecule has 3 aromatic carbocycles. The second-order valence-corrected chi connectivity index (χ2v) is 7.63. The van der Waals surface area contributed by atoms with Crippen LogP contribution in [0.1, 0.15) is 26.3 Å². The van der Waals surface area contributed by atoms with Gasteiger partial charge in [-0.25, -0.2) is 14.8 Å². The lowest BCUT2D eigenvalue weighted by Crippen LogP contribution is -2.14. The highest BCUT2D eigenvalue weighted by Gasteiger charge is 2.24. The van der Waals surface area contributed by atoms with Crippen molar-refractivity contribution >= 4 is 51.8 Å². The summed E-state index contributed by atoms with van der Waals surface area (Å²) in [6.07, 6.45) is 1.56. The third-order valence-corrected chi connectivity index (χ3v) is 5.39. The van der Waals surface area contributed by atoms with Crippen LogP contribution in [0.15, 0.2) is 84.0 Å². The van der Waals surface area contributed by atoms with E-state index in [9.17, 15) is 9.59 Å². The summed E-state index contributed by atoms with van der Waals surface area (Å²) in [6.45, 7) is 0. The van der Waals surface area contributed by atoms with Crippen LogP contribution in [0.25, 0.3) is 22.2 Å². The summed E-state index contributed by atoms with van der Waals surface area (Å²) in [5, 5.41) is 7.34. The van der Waals surface area contributed by atoms with E-state index < -0.39 is 11.9 Å². The smallest absolute Gasteiger partial charge is 0.337 e. The van der Waals surface area contributed by atoms with E-state index in [2.05, 4.69) is 20.4 Å². The Morgan fingerprint density at radius 2 is 1.60 bits per heavy atom. The van der Waals surface area contributed by atoms with Crippen LogP contribution in [0.2, 0.25) is 0 Å². The summed E-state index contributed by atoms with van der Waals surface area (Å²) in [7, 11) is 1.33. The molecule has 9 nitrogen and oxygen atoms in total. The first kappa shape index (κ1) is 21.8. The average molecular weight is 464 g/mol. The largest absolute Gasteiger partial charge is 0.465 e. The standard InChI is InChI=1S/C26H20N6O3/c1-35-26(34)17-13-11-16(12-14-17)15-28-32-23(27)21(25(33)29-18-7-3-2-4-8-18)22-24(32)31-20-10-6-5-9-19(20)30-22/h2-15H,27H2,1H3,(H,29,33)/b28-15+. The summed E-state index contributed by atoms with van der Waals surface area (Å²) in [6, 6.07) is 23.1. The molecule has 172 valence electrons. The molecule has 35 heavy (non-hydrogen) atoms. The molecule has 0 aliphatic rings. The van der Waals surface area contributed by atoms with Crippen molar-refractivity contribution in [2.45, 2.75) is 0 Å². The van der Waals surface area contributed by atoms with Gasteiger partial charge in [-0.05, 0) is 42.0 Å². The summed E-state index contributed by atoms with van der Waals surface area (Å²) in [5.41, 5.74) is 10.3. The first-order valence-corrected chi connectivity index (χ1v) is 10.7. The molecule has 0 spiro atoms. The van der Waals surface area contributed by atoms with E-state index in [4.69, 9.17) is 10.5 Å². The molecule has 0 fully saturated rings. The maximum atomic E-state index is 13.2. The SMILES string of the molecule is COC(=O)c1ccc(/C=N/n2c(N)c(C(=O)Nc3ccccc3)c3nc4ccccc4nc32)cc1. The number of ether oxygens (including phenoxy) is 1. The first-order valence-electron chi connectivity index (χ1n) is 10.7. The first-order chi connectivity index (χ1) is 17.0. The van der Waals surface area contributed by atoms with Crippen LogP contribution >= 0.6 is 0 Å². The molecule has 5 aromatic rings. The lowest BCUT2D eigenvalue weighted by molar-refractivity contribution is 0.0600. The number of carbonyl (C=O) groups is 2. The van der Waals surface area contributed by atoms with Gasteiger partial charge in [0, 0.05) is 5.69 Å². The molecule has 0 aliphatic heterocycles. The molecule has 0 aliphatic carbocycles. The molecule has 9 heteroatoms. The van der Waals surface area contributed by atoms with Gasteiger partial charge >= 0.3 is 5.97 Å². The Morgan fingerprint density at radius 1 is 0.943 bits per heavy atom. The Kier molecular flexibility index (Phi) is 5.64. The molecule has 2 aromatic heterocycles. The van der Waals surface area contributed by atoms with Crippen molar-refractivity contribution < 1.29 is 14.3 Å². The molecule has 0 unspecified atom stereocenters. The highest BCUT2D eigenvalue weighted by Crippen LogP contribution is 2.28. The maximum Gasteiger partial charge on any atom is 0.337 e. The number of nitrogens with one attached hydrogen (secondary N) is 1. The molecule has 0 saturated heterocycles. The second-order valence-electron chi connectivity index (χ2n) is 7.63. The van der Waals surface area contributed by atoms with Gasteiger partial charge in [0.1, 0.15) is 16.9 Å². The quantitative estimate of drug-likeness (QED) is 0.298. The van der Waals surface area contributed by atoms with Crippen LogP contribution in [0, 0.1) is 0 Å². The molecule has 2 heterocycles. The van der Waals surface area contributed by atoms with Crippen molar-refractivity contribution in [1.29, 1.82) is 0 Å². The van der Waals surface area contributed by atoms with E-state index in [1.807, 2.05) is 42.5 Å². The van der Waals surface area contributed by atoms with Gasteiger partial charge in [0.25, 0.3) is 5.91 Å². The Morgan fingerprint density at radius 3 is 2.29 bits per heavy atom. The highest BCUT2D eigenvalue weighted by molar-refractivity contribution is 6.16. The van der Waals surface area contributed by atoms with Crippen LogP contribution in [0.3, 0.4) is 0 Å². The predicted octanol–water partition coefficient (Wildman–Crippen LogP) is 4.09. The second kappa shape index (κ2) is 9.06. The topological polar surface area (TPSA) is 124 Å². The summed E-state index contributed by atoms with van der Waals surface area (Å²) in [5.74, 6) is -0.740. The van der Waals surface area contributed by atoms with E-state index in [1.54, 1.807) is 42.6 Å². The van der Waals surface area contributed by atoms with E-state index in [0.29, 0.717) is 39.0 Å². The fourth-order valence-corrected chi connectivity index (χ4v) is 3.65. The predicted molar refractivity (Wildman–Crippen MR) is 135 cm³/mol. The van der Waals surface area contributed by atoms with Crippen molar-refractivity contribution in [1.82, 2.24) is 14.6 Å². The minimum absolute atomic E-state index is 0.103. The number of fused-ring (bicyclic) bond motifs is 2. The molecule has 0 bridgehead atoms. The van der Waals surface area contributed by atoms with Gasteiger partial charge < -0.3 is 15.8 Å². The van der Waals surface area contributed by atoms with E-state index in [1.165, 1.54) is 11.8 Å². The van der Waals surface area contributed by atoms with Crippen LogP contribution in [0.4, 0.5) is 11.5 Å². The Balaban J connectivity index is 1.60. The van der Waals surface area contributed by atoms with Crippen molar-refractivity contribution in [2.24, 2.45) is 5.10 Å². The van der Waals surface area contributed by atoms with Crippen molar-refractivity contribution in [3.63, 3.8) is 0 Å². The van der Waals surface area contributed by atoms with Gasteiger partial charge in [-0.15, -0.1) is 0 Å². The number of rotatable bonds is 5. The molecule has 0 atom stereocenters. The number of hydrogen-bond acceptors (Lipinski definition) is 7. The normalized spacial score (nSPS) is 11.2. The van der Waals surface area contributed by atoms with Gasteiger partial charge in [0.2, 0.25) is 0 Å². The van der Waals surface area contributed by atoms with Crippen LogP contribution in [-0.4, -0.2) is 39.8 Å². The number of anilines is 2. The highest BCUT2D eigenvalue weighted by atomic mass is 16.5. The monoisotopic (exact) mass is 464 g/mol. The fraction of sp³-hybridized carbons (Fsp3) is 0.0385. The molecule has 0 radical (unpaired) electrons. The lowest BCUT2D eigenvalue weighted by Gasteiger charge is -2.05. The molecule has 0 saturated carbocycles. The number of para-hydroxylation sites is 3. The van der Waals surface area contributed by atoms with Gasteiger partial charge in [0.15, 0.2) is 5.65 Å². The molecular weight excluding hydrogens is 444 g/mol. The Bertz CT molecular complexity index is 1590. The fourth-order valence-electron chi connectivity index (χ4n) is 3.65. The van der Waals surface area contributed by atoms with Crippen molar-refractivity contribution in [3.8, 4) is 0 Å². The minimum Gasteiger partial charge on any atom is -0.465 e. The molecule has 1 amide bonds. The third-order valence-electron chi connectivity index (χ3n) is 5.39. The number of nitrogens with zero attached hydrogens (tertiary/aromatic N) is 4. The number of aromatic nitrogens is 3. The number of benzene rings is 3. The van der Waals surface area contributed by atoms with Gasteiger partial charge in [0.05, 0.1) is 29.9 Å². The van der Waals surface area contributed by atoms with Crippen molar-refractivity contribution in [3.05, 3.63) is 95.6 Å². The van der Waals surface area contributed by atoms with Gasteiger partial charge in [-0.1, -0.05) is 42.5 Å². The van der Waals surface area contributed by atoms with Gasteiger partial charge in [-0.3, -0.25) is 4.79 Å². The van der Waals surface area contributed by atoms with Crippen LogP contribution in [0.5, 0.6) is 0 Å². The number of amides is 1. The summed E-state index contributed by atoms with van der Waals surface area (Å²) < 4.78 is 6.12. The average Bonchev–Trinajstić information content (AvgIpc) is 3.16. The number of carbonyl (C=O) groups excluding carboxylic acids is 2. The third kappa shape index (κ3) is 4.18. The minimum atomic E-state index is -0.426. The zero-order valence-corrected chi connectivity index (χ0v) is 18.7. The Labute approximate surface area is 199 Å². The zero-order valence-electron chi connectivity index (χ0n) is 18.7. The molecular formula is C26H20N6O3. The van der Waals surface area contributed by atoms with Crippen LogP contribution in [-0.2, 0) is 4.74 Å². The zero-order chi connectivity index (χ0) is 24.4. The van der Waals surface area contributed by atoms with E-state index in [0.717, 1.165) is 0 Å². The lowest BCUT2D eigenvalue weighted by atomic mass is 10.1.